The minimum Gasteiger partial charge on any atom is -0.483 e. The Morgan fingerprint density at radius 1 is 1.36 bits per heavy atom. The van der Waals surface area contributed by atoms with Crippen LogP contribution >= 0.6 is 11.6 Å². The van der Waals surface area contributed by atoms with E-state index < -0.39 is 0 Å². The number of rotatable bonds is 5. The van der Waals surface area contributed by atoms with Crippen LogP contribution in [0.15, 0.2) is 34.7 Å². The summed E-state index contributed by atoms with van der Waals surface area (Å²) in [6, 6.07) is 9.06. The van der Waals surface area contributed by atoms with Gasteiger partial charge in [0.15, 0.2) is 6.61 Å². The van der Waals surface area contributed by atoms with Crippen molar-refractivity contribution in [3.05, 3.63) is 52.4 Å². The molecule has 25 heavy (non-hydrogen) atoms. The maximum Gasteiger partial charge on any atom is 0.261 e. The van der Waals surface area contributed by atoms with Gasteiger partial charge >= 0.3 is 0 Å². The average Bonchev–Trinajstić information content (AvgIpc) is 3.12. The molecule has 2 aromatic rings. The summed E-state index contributed by atoms with van der Waals surface area (Å²) in [6.07, 6.45) is 0.818. The summed E-state index contributed by atoms with van der Waals surface area (Å²) in [5.74, 6) is 2.18. The molecule has 1 saturated heterocycles. The van der Waals surface area contributed by atoms with Gasteiger partial charge in [0, 0.05) is 23.6 Å². The van der Waals surface area contributed by atoms with Crippen molar-refractivity contribution in [2.45, 2.75) is 26.3 Å². The summed E-state index contributed by atoms with van der Waals surface area (Å²) >= 11 is 6.09. The zero-order valence-electron chi connectivity index (χ0n) is 14.5. The van der Waals surface area contributed by atoms with Gasteiger partial charge in [0.2, 0.25) is 0 Å². The molecule has 0 N–H and O–H groups in total. The Kier molecular flexibility index (Phi) is 5.66. The highest BCUT2D eigenvalue weighted by molar-refractivity contribution is 6.31. The van der Waals surface area contributed by atoms with Crippen molar-refractivity contribution in [2.75, 3.05) is 26.4 Å². The zero-order chi connectivity index (χ0) is 17.8. The molecule has 0 spiro atoms. The Morgan fingerprint density at radius 2 is 2.20 bits per heavy atom. The number of carbonyl (C=O) groups is 1. The van der Waals surface area contributed by atoms with Crippen LogP contribution in [-0.4, -0.2) is 37.2 Å². The van der Waals surface area contributed by atoms with Crippen molar-refractivity contribution in [1.29, 1.82) is 0 Å². The number of morpholine rings is 1. The molecule has 134 valence electrons. The predicted octanol–water partition coefficient (Wildman–Crippen LogP) is 3.78. The van der Waals surface area contributed by atoms with E-state index in [9.17, 15) is 4.79 Å². The highest BCUT2D eigenvalue weighted by atomic mass is 35.5. The van der Waals surface area contributed by atoms with Crippen LogP contribution < -0.4 is 4.74 Å². The van der Waals surface area contributed by atoms with Gasteiger partial charge in [-0.05, 0) is 31.2 Å². The highest BCUT2D eigenvalue weighted by Gasteiger charge is 2.31. The highest BCUT2D eigenvalue weighted by Crippen LogP contribution is 2.28. The zero-order valence-corrected chi connectivity index (χ0v) is 15.2. The number of ether oxygens (including phenoxy) is 2. The maximum absolute atomic E-state index is 12.7. The Balaban J connectivity index is 1.69. The molecule has 1 aliphatic rings. The van der Waals surface area contributed by atoms with Crippen LogP contribution in [0.5, 0.6) is 5.75 Å². The van der Waals surface area contributed by atoms with Gasteiger partial charge in [0.1, 0.15) is 23.3 Å². The third-order valence-electron chi connectivity index (χ3n) is 4.38. The molecular formula is C19H22ClNO4. The van der Waals surface area contributed by atoms with Gasteiger partial charge in [-0.3, -0.25) is 4.79 Å². The molecule has 2 heterocycles. The number of nitrogens with zero attached hydrogens (tertiary/aromatic N) is 1. The lowest BCUT2D eigenvalue weighted by Crippen LogP contribution is -2.45. The summed E-state index contributed by atoms with van der Waals surface area (Å²) in [5.41, 5.74) is 0.828. The number of carbonyl (C=O) groups excluding carboxylic acids is 1. The van der Waals surface area contributed by atoms with E-state index in [1.165, 1.54) is 0 Å². The van der Waals surface area contributed by atoms with Crippen molar-refractivity contribution >= 4 is 17.5 Å². The van der Waals surface area contributed by atoms with Gasteiger partial charge in [0.05, 0.1) is 13.2 Å². The second kappa shape index (κ2) is 7.93. The summed E-state index contributed by atoms with van der Waals surface area (Å²) < 4.78 is 17.1. The molecule has 5 nitrogen and oxygen atoms in total. The third-order valence-corrected chi connectivity index (χ3v) is 4.79. The SMILES string of the molecule is CCc1ccc(C2COCCN2C(=O)COc2cccc(Cl)c2C)o1. The third kappa shape index (κ3) is 3.99. The van der Waals surface area contributed by atoms with Gasteiger partial charge < -0.3 is 18.8 Å². The molecule has 1 amide bonds. The molecule has 0 aliphatic carbocycles. The van der Waals surface area contributed by atoms with Gasteiger partial charge in [0.25, 0.3) is 5.91 Å². The number of aryl methyl sites for hydroxylation is 1. The Morgan fingerprint density at radius 3 is 2.96 bits per heavy atom. The minimum absolute atomic E-state index is 0.0426. The van der Waals surface area contributed by atoms with Crippen molar-refractivity contribution in [3.8, 4) is 5.75 Å². The molecule has 1 aliphatic heterocycles. The second-order valence-electron chi connectivity index (χ2n) is 5.99. The molecule has 1 fully saturated rings. The lowest BCUT2D eigenvalue weighted by atomic mass is 10.1. The van der Waals surface area contributed by atoms with Gasteiger partial charge in [-0.15, -0.1) is 0 Å². The van der Waals surface area contributed by atoms with E-state index in [0.29, 0.717) is 30.5 Å². The number of hydrogen-bond donors (Lipinski definition) is 0. The van der Waals surface area contributed by atoms with Crippen LogP contribution in [0.4, 0.5) is 0 Å². The summed E-state index contributed by atoms with van der Waals surface area (Å²) in [4.78, 5) is 14.5. The molecule has 0 radical (unpaired) electrons. The molecule has 3 rings (SSSR count). The largest absolute Gasteiger partial charge is 0.483 e. The van der Waals surface area contributed by atoms with Crippen LogP contribution in [-0.2, 0) is 16.0 Å². The standard InChI is InChI=1S/C19H22ClNO4/c1-3-14-7-8-18(25-14)16-11-23-10-9-21(16)19(22)12-24-17-6-4-5-15(20)13(17)2/h4-8,16H,3,9-12H2,1-2H3. The smallest absolute Gasteiger partial charge is 0.261 e. The van der Waals surface area contributed by atoms with Gasteiger partial charge in [-0.1, -0.05) is 24.6 Å². The van der Waals surface area contributed by atoms with E-state index in [1.807, 2.05) is 38.1 Å². The van der Waals surface area contributed by atoms with Crippen molar-refractivity contribution in [2.24, 2.45) is 0 Å². The summed E-state index contributed by atoms with van der Waals surface area (Å²) in [5, 5.41) is 0.622. The van der Waals surface area contributed by atoms with Crippen LogP contribution in [0.2, 0.25) is 5.02 Å². The van der Waals surface area contributed by atoms with Gasteiger partial charge in [-0.2, -0.15) is 0 Å². The molecule has 0 bridgehead atoms. The molecule has 1 aromatic heterocycles. The van der Waals surface area contributed by atoms with Crippen LogP contribution in [0, 0.1) is 6.92 Å². The maximum atomic E-state index is 12.7. The molecule has 0 saturated carbocycles. The number of furan rings is 1. The first-order chi connectivity index (χ1) is 12.1. The number of hydrogen-bond acceptors (Lipinski definition) is 4. The van der Waals surface area contributed by atoms with Gasteiger partial charge in [-0.25, -0.2) is 0 Å². The number of benzene rings is 1. The van der Waals surface area contributed by atoms with E-state index in [-0.39, 0.29) is 18.6 Å². The van der Waals surface area contributed by atoms with E-state index in [1.54, 1.807) is 11.0 Å². The molecule has 1 atom stereocenters. The first-order valence-corrected chi connectivity index (χ1v) is 8.81. The summed E-state index contributed by atoms with van der Waals surface area (Å²) in [7, 11) is 0. The van der Waals surface area contributed by atoms with Crippen molar-refractivity contribution in [3.63, 3.8) is 0 Å². The van der Waals surface area contributed by atoms with E-state index in [0.717, 1.165) is 23.5 Å². The monoisotopic (exact) mass is 363 g/mol. The quantitative estimate of drug-likeness (QED) is 0.811. The lowest BCUT2D eigenvalue weighted by molar-refractivity contribution is -0.143. The van der Waals surface area contributed by atoms with Crippen LogP contribution in [0.1, 0.15) is 30.0 Å². The first-order valence-electron chi connectivity index (χ1n) is 8.44. The number of amides is 1. The van der Waals surface area contributed by atoms with Crippen molar-refractivity contribution < 1.29 is 18.7 Å². The molecule has 1 unspecified atom stereocenters. The molecular weight excluding hydrogens is 342 g/mol. The van der Waals surface area contributed by atoms with E-state index >= 15 is 0 Å². The topological polar surface area (TPSA) is 51.9 Å². The first kappa shape index (κ1) is 17.8. The normalized spacial score (nSPS) is 17.6. The Hall–Kier alpha value is -1.98. The summed E-state index contributed by atoms with van der Waals surface area (Å²) in [6.45, 7) is 5.32. The Labute approximate surface area is 152 Å². The second-order valence-corrected chi connectivity index (χ2v) is 6.39. The predicted molar refractivity (Wildman–Crippen MR) is 95.0 cm³/mol. The Bertz CT molecular complexity index is 743. The fraction of sp³-hybridized carbons (Fsp3) is 0.421. The lowest BCUT2D eigenvalue weighted by Gasteiger charge is -2.34. The van der Waals surface area contributed by atoms with Crippen LogP contribution in [0.3, 0.4) is 0 Å². The average molecular weight is 364 g/mol. The van der Waals surface area contributed by atoms with E-state index in [4.69, 9.17) is 25.5 Å². The van der Waals surface area contributed by atoms with E-state index in [2.05, 4.69) is 0 Å². The number of halogens is 1. The minimum atomic E-state index is -0.217. The fourth-order valence-corrected chi connectivity index (χ4v) is 3.03. The fourth-order valence-electron chi connectivity index (χ4n) is 2.87. The van der Waals surface area contributed by atoms with Crippen molar-refractivity contribution in [1.82, 2.24) is 4.90 Å². The van der Waals surface area contributed by atoms with Crippen LogP contribution in [0.25, 0.3) is 0 Å². The molecule has 1 aromatic carbocycles. The molecule has 6 heteroatoms.